The van der Waals surface area contributed by atoms with Gasteiger partial charge in [-0.3, -0.25) is 9.89 Å². The van der Waals surface area contributed by atoms with Crippen LogP contribution in [0, 0.1) is 5.92 Å². The number of hydrogen-bond donors (Lipinski definition) is 2. The molecule has 1 aliphatic carbocycles. The summed E-state index contributed by atoms with van der Waals surface area (Å²) < 4.78 is 5.50. The summed E-state index contributed by atoms with van der Waals surface area (Å²) in [6, 6.07) is 1.95. The fraction of sp³-hybridized carbons (Fsp3) is 0.435. The highest BCUT2D eigenvalue weighted by Gasteiger charge is 2.32. The summed E-state index contributed by atoms with van der Waals surface area (Å²) in [6.07, 6.45) is 5.77. The Hall–Kier alpha value is -3.31. The quantitative estimate of drug-likeness (QED) is 0.460. The van der Waals surface area contributed by atoms with Crippen LogP contribution in [-0.4, -0.2) is 81.2 Å². The molecule has 4 aromatic rings. The van der Waals surface area contributed by atoms with Crippen LogP contribution in [0.3, 0.4) is 0 Å². The Labute approximate surface area is 200 Å². The van der Waals surface area contributed by atoms with E-state index < -0.39 is 0 Å². The number of carbonyl (C=O) groups excluding carboxylic acids is 1. The van der Waals surface area contributed by atoms with Gasteiger partial charge in [-0.25, -0.2) is 9.97 Å². The van der Waals surface area contributed by atoms with Gasteiger partial charge in [0.2, 0.25) is 11.8 Å². The molecule has 4 aromatic heterocycles. The molecule has 1 atom stereocenters. The minimum absolute atomic E-state index is 0.0427. The molecule has 0 aromatic carbocycles. The van der Waals surface area contributed by atoms with E-state index in [4.69, 9.17) is 4.74 Å². The van der Waals surface area contributed by atoms with Crippen molar-refractivity contribution >= 4 is 50.0 Å². The summed E-state index contributed by atoms with van der Waals surface area (Å²) in [6.45, 7) is 3.53. The third-order valence-corrected chi connectivity index (χ3v) is 8.01. The second kappa shape index (κ2) is 8.48. The lowest BCUT2D eigenvalue weighted by atomic mass is 9.86. The standard InChI is InChI=1S/C23H26N8O2S/c1-30-5-7-31(8-6-30)23(32)13-3-4-15-17(10-13)34-22-18(15)20(24-12-25-22)27-16-9-14-11-26-29-19(14)28-21(16)33-2/h9,11-13H,3-8,10H2,1-2H3,(H,24,25,27)(H,26,28,29)/t13-/m0/s1. The van der Waals surface area contributed by atoms with Crippen LogP contribution in [-0.2, 0) is 17.6 Å². The number of H-pyrrole nitrogens is 1. The molecule has 2 N–H and O–H groups in total. The lowest BCUT2D eigenvalue weighted by molar-refractivity contribution is -0.137. The van der Waals surface area contributed by atoms with Gasteiger partial charge in [-0.2, -0.15) is 10.1 Å². The predicted octanol–water partition coefficient (Wildman–Crippen LogP) is 2.59. The summed E-state index contributed by atoms with van der Waals surface area (Å²) in [5.74, 6) is 1.53. The van der Waals surface area contributed by atoms with Crippen molar-refractivity contribution in [3.63, 3.8) is 0 Å². The maximum Gasteiger partial charge on any atom is 0.239 e. The van der Waals surface area contributed by atoms with Crippen molar-refractivity contribution in [3.05, 3.63) is 29.0 Å². The molecule has 0 radical (unpaired) electrons. The second-order valence-corrected chi connectivity index (χ2v) is 10.0. The van der Waals surface area contributed by atoms with Gasteiger partial charge in [-0.1, -0.05) is 0 Å². The minimum atomic E-state index is 0.0427. The van der Waals surface area contributed by atoms with Crippen molar-refractivity contribution < 1.29 is 9.53 Å². The number of pyridine rings is 1. The minimum Gasteiger partial charge on any atom is -0.479 e. The number of anilines is 2. The van der Waals surface area contributed by atoms with E-state index in [9.17, 15) is 4.79 Å². The summed E-state index contributed by atoms with van der Waals surface area (Å²) >= 11 is 1.67. The van der Waals surface area contributed by atoms with E-state index in [1.54, 1.807) is 31.0 Å². The molecule has 2 aliphatic rings. The maximum atomic E-state index is 13.2. The van der Waals surface area contributed by atoms with Crippen molar-refractivity contribution in [2.45, 2.75) is 19.3 Å². The van der Waals surface area contributed by atoms with E-state index in [1.165, 1.54) is 10.4 Å². The molecule has 176 valence electrons. The third-order valence-electron chi connectivity index (χ3n) is 6.85. The predicted molar refractivity (Wildman–Crippen MR) is 131 cm³/mol. The normalized spacial score (nSPS) is 18.9. The highest BCUT2D eigenvalue weighted by molar-refractivity contribution is 7.19. The molecule has 10 nitrogen and oxygen atoms in total. The average Bonchev–Trinajstić information content (AvgIpc) is 3.47. The van der Waals surface area contributed by atoms with E-state index >= 15 is 0 Å². The van der Waals surface area contributed by atoms with Crippen molar-refractivity contribution in [2.24, 2.45) is 5.92 Å². The molecule has 5 heterocycles. The molecule has 0 unspecified atom stereocenters. The van der Waals surface area contributed by atoms with E-state index in [-0.39, 0.29) is 5.92 Å². The van der Waals surface area contributed by atoms with Gasteiger partial charge >= 0.3 is 0 Å². The summed E-state index contributed by atoms with van der Waals surface area (Å²) in [5, 5.41) is 12.3. The first-order valence-electron chi connectivity index (χ1n) is 11.5. The number of ether oxygens (including phenoxy) is 1. The molecular formula is C23H26N8O2S. The Morgan fingerprint density at radius 2 is 2.12 bits per heavy atom. The Morgan fingerprint density at radius 3 is 2.94 bits per heavy atom. The first-order chi connectivity index (χ1) is 16.6. The van der Waals surface area contributed by atoms with Gasteiger partial charge in [-0.15, -0.1) is 11.3 Å². The Morgan fingerprint density at radius 1 is 1.26 bits per heavy atom. The molecule has 1 aliphatic heterocycles. The van der Waals surface area contributed by atoms with Gasteiger partial charge in [-0.05, 0) is 37.9 Å². The Bertz CT molecular complexity index is 1370. The summed E-state index contributed by atoms with van der Waals surface area (Å²) in [5.41, 5.74) is 2.64. The van der Waals surface area contributed by atoms with E-state index in [1.807, 2.05) is 11.0 Å². The topological polar surface area (TPSA) is 112 Å². The number of methoxy groups -OCH3 is 1. The number of likely N-dealkylation sites (N-methyl/N-ethyl adjacent to an activating group) is 1. The number of fused-ring (bicyclic) bond motifs is 4. The SMILES string of the molecule is COc1nc2[nH]ncc2cc1Nc1ncnc2sc3c(c12)CC[C@H](C(=O)N1CCN(C)CC1)C3. The Balaban J connectivity index is 1.30. The molecule has 1 saturated heterocycles. The van der Waals surface area contributed by atoms with Gasteiger partial charge in [0.05, 0.1) is 18.7 Å². The first-order valence-corrected chi connectivity index (χ1v) is 12.3. The third kappa shape index (κ3) is 3.64. The van der Waals surface area contributed by atoms with Crippen LogP contribution in [0.2, 0.25) is 0 Å². The van der Waals surface area contributed by atoms with Crippen molar-refractivity contribution in [2.75, 3.05) is 45.7 Å². The number of nitrogens with zero attached hydrogens (tertiary/aromatic N) is 6. The zero-order valence-electron chi connectivity index (χ0n) is 19.2. The molecule has 1 amide bonds. The smallest absolute Gasteiger partial charge is 0.239 e. The van der Waals surface area contributed by atoms with Gasteiger partial charge < -0.3 is 19.9 Å². The van der Waals surface area contributed by atoms with Crippen molar-refractivity contribution in [3.8, 4) is 5.88 Å². The van der Waals surface area contributed by atoms with Crippen LogP contribution >= 0.6 is 11.3 Å². The van der Waals surface area contributed by atoms with Crippen molar-refractivity contribution in [1.82, 2.24) is 34.9 Å². The molecule has 1 fully saturated rings. The van der Waals surface area contributed by atoms with E-state index in [0.29, 0.717) is 17.4 Å². The molecular weight excluding hydrogens is 452 g/mol. The zero-order valence-corrected chi connectivity index (χ0v) is 20.0. The lowest BCUT2D eigenvalue weighted by Crippen LogP contribution is -2.49. The number of amides is 1. The Kier molecular flexibility index (Phi) is 5.30. The van der Waals surface area contributed by atoms with Crippen LogP contribution in [0.4, 0.5) is 11.5 Å². The number of aromatic nitrogens is 5. The highest BCUT2D eigenvalue weighted by Crippen LogP contribution is 2.41. The number of hydrogen-bond acceptors (Lipinski definition) is 9. The highest BCUT2D eigenvalue weighted by atomic mass is 32.1. The fourth-order valence-corrected chi connectivity index (χ4v) is 6.20. The summed E-state index contributed by atoms with van der Waals surface area (Å²) in [4.78, 5) is 33.3. The molecule has 6 rings (SSSR count). The van der Waals surface area contributed by atoms with Crippen LogP contribution < -0.4 is 10.1 Å². The van der Waals surface area contributed by atoms with Gasteiger partial charge in [0, 0.05) is 42.4 Å². The van der Waals surface area contributed by atoms with E-state index in [0.717, 1.165) is 72.5 Å². The molecule has 0 saturated carbocycles. The molecule has 34 heavy (non-hydrogen) atoms. The number of carbonyl (C=O) groups is 1. The summed E-state index contributed by atoms with van der Waals surface area (Å²) in [7, 11) is 3.70. The van der Waals surface area contributed by atoms with E-state index in [2.05, 4.69) is 42.4 Å². The maximum absolute atomic E-state index is 13.2. The van der Waals surface area contributed by atoms with Gasteiger partial charge in [0.25, 0.3) is 0 Å². The van der Waals surface area contributed by atoms with Crippen LogP contribution in [0.5, 0.6) is 5.88 Å². The number of aryl methyl sites for hydroxylation is 1. The van der Waals surface area contributed by atoms with Crippen LogP contribution in [0.1, 0.15) is 16.9 Å². The van der Waals surface area contributed by atoms with Gasteiger partial charge in [0.1, 0.15) is 22.7 Å². The molecule has 0 spiro atoms. The average molecular weight is 479 g/mol. The monoisotopic (exact) mass is 478 g/mol. The fourth-order valence-electron chi connectivity index (χ4n) is 4.94. The lowest BCUT2D eigenvalue weighted by Gasteiger charge is -2.35. The first kappa shape index (κ1) is 21.2. The number of thiophene rings is 1. The number of piperazine rings is 1. The van der Waals surface area contributed by atoms with Crippen molar-refractivity contribution in [1.29, 1.82) is 0 Å². The number of aromatic amines is 1. The van der Waals surface area contributed by atoms with Crippen LogP contribution in [0.15, 0.2) is 18.6 Å². The zero-order chi connectivity index (χ0) is 23.2. The number of rotatable bonds is 4. The second-order valence-electron chi connectivity index (χ2n) is 8.95. The number of nitrogens with one attached hydrogen (secondary N) is 2. The molecule has 0 bridgehead atoms. The van der Waals surface area contributed by atoms with Crippen LogP contribution in [0.25, 0.3) is 21.3 Å². The molecule has 11 heteroatoms. The van der Waals surface area contributed by atoms with Gasteiger partial charge in [0.15, 0.2) is 5.65 Å². The largest absolute Gasteiger partial charge is 0.479 e.